The highest BCUT2D eigenvalue weighted by Gasteiger charge is 2.19. The monoisotopic (exact) mass is 436 g/mol. The van der Waals surface area contributed by atoms with Crippen molar-refractivity contribution in [3.63, 3.8) is 0 Å². The summed E-state index contributed by atoms with van der Waals surface area (Å²) in [6.07, 6.45) is 0. The average molecular weight is 437 g/mol. The van der Waals surface area contributed by atoms with Gasteiger partial charge in [0.25, 0.3) is 0 Å². The minimum Gasteiger partial charge on any atom is -0.455 e. The van der Waals surface area contributed by atoms with Crippen LogP contribution in [-0.4, -0.2) is 0 Å². The summed E-state index contributed by atoms with van der Waals surface area (Å²) in [4.78, 5) is 0. The lowest BCUT2D eigenvalue weighted by Crippen LogP contribution is -1.86. The van der Waals surface area contributed by atoms with Gasteiger partial charge in [0.05, 0.1) is 0 Å². The normalized spacial score (nSPS) is 11.1. The molecule has 0 spiro atoms. The van der Waals surface area contributed by atoms with E-state index >= 15 is 0 Å². The molecule has 6 aromatic rings. The summed E-state index contributed by atoms with van der Waals surface area (Å²) in [5.74, 6) is 1.83. The number of hydrogen-bond acceptors (Lipinski definition) is 1. The predicted octanol–water partition coefficient (Wildman–Crippen LogP) is 9.41. The molecule has 1 aromatic heterocycles. The third kappa shape index (κ3) is 3.62. The summed E-state index contributed by atoms with van der Waals surface area (Å²) in [7, 11) is 0. The van der Waals surface area contributed by atoms with Crippen LogP contribution in [0, 0.1) is 6.92 Å². The third-order valence-corrected chi connectivity index (χ3v) is 6.38. The van der Waals surface area contributed by atoms with E-state index in [2.05, 4.69) is 128 Å². The van der Waals surface area contributed by atoms with Crippen molar-refractivity contribution >= 4 is 10.8 Å². The van der Waals surface area contributed by atoms with E-state index in [1.54, 1.807) is 0 Å². The number of aryl methyl sites for hydroxylation is 1. The molecule has 0 aliphatic heterocycles. The largest absolute Gasteiger partial charge is 0.455 e. The fraction of sp³-hybridized carbons (Fsp3) is 0.0303. The summed E-state index contributed by atoms with van der Waals surface area (Å²) in [5.41, 5.74) is 8.19. The van der Waals surface area contributed by atoms with E-state index in [0.29, 0.717) is 0 Å². The molecule has 0 saturated heterocycles. The van der Waals surface area contributed by atoms with Crippen LogP contribution in [0.5, 0.6) is 0 Å². The fourth-order valence-corrected chi connectivity index (χ4v) is 4.67. The highest BCUT2D eigenvalue weighted by molar-refractivity contribution is 6.04. The summed E-state index contributed by atoms with van der Waals surface area (Å²) in [5, 5.41) is 2.26. The molecule has 1 heteroatoms. The van der Waals surface area contributed by atoms with Crippen LogP contribution in [0.25, 0.3) is 55.7 Å². The molecule has 1 nitrogen and oxygen atoms in total. The second-order valence-electron chi connectivity index (χ2n) is 8.66. The molecule has 1 heterocycles. The quantitative estimate of drug-likeness (QED) is 0.268. The van der Waals surface area contributed by atoms with E-state index in [1.165, 1.54) is 27.8 Å². The van der Waals surface area contributed by atoms with E-state index in [1.807, 2.05) is 6.07 Å². The zero-order chi connectivity index (χ0) is 22.9. The maximum absolute atomic E-state index is 6.70. The van der Waals surface area contributed by atoms with E-state index < -0.39 is 0 Å². The van der Waals surface area contributed by atoms with Gasteiger partial charge in [0, 0.05) is 21.9 Å². The molecule has 0 saturated carbocycles. The Morgan fingerprint density at radius 1 is 0.412 bits per heavy atom. The Balaban J connectivity index is 1.52. The average Bonchev–Trinajstić information content (AvgIpc) is 3.29. The minimum atomic E-state index is 0.908. The molecule has 0 radical (unpaired) electrons. The molecule has 0 amide bonds. The van der Waals surface area contributed by atoms with E-state index in [9.17, 15) is 0 Å². The van der Waals surface area contributed by atoms with Crippen LogP contribution in [0.4, 0.5) is 0 Å². The van der Waals surface area contributed by atoms with Crippen molar-refractivity contribution in [2.75, 3.05) is 0 Å². The second kappa shape index (κ2) is 8.53. The first kappa shape index (κ1) is 20.3. The second-order valence-corrected chi connectivity index (χ2v) is 8.66. The van der Waals surface area contributed by atoms with Crippen molar-refractivity contribution in [2.45, 2.75) is 6.92 Å². The molecule has 0 aliphatic carbocycles. The van der Waals surface area contributed by atoms with Crippen LogP contribution < -0.4 is 0 Å². The smallest absolute Gasteiger partial charge is 0.143 e. The van der Waals surface area contributed by atoms with Gasteiger partial charge in [-0.1, -0.05) is 127 Å². The van der Waals surface area contributed by atoms with Crippen molar-refractivity contribution in [1.29, 1.82) is 0 Å². The Kier molecular flexibility index (Phi) is 5.08. The van der Waals surface area contributed by atoms with Gasteiger partial charge in [-0.15, -0.1) is 0 Å². The Morgan fingerprint density at radius 3 is 1.62 bits per heavy atom. The molecule has 0 unspecified atom stereocenters. The highest BCUT2D eigenvalue weighted by atomic mass is 16.3. The Bertz CT molecular complexity index is 1570. The van der Waals surface area contributed by atoms with Crippen LogP contribution in [0.15, 0.2) is 132 Å². The number of rotatable bonds is 4. The molecule has 0 N–H and O–H groups in total. The third-order valence-electron chi connectivity index (χ3n) is 6.38. The molecule has 0 bridgehead atoms. The summed E-state index contributed by atoms with van der Waals surface area (Å²) < 4.78 is 6.70. The van der Waals surface area contributed by atoms with Crippen molar-refractivity contribution < 1.29 is 4.42 Å². The topological polar surface area (TPSA) is 13.1 Å². The molecular formula is C33H24O. The summed E-state index contributed by atoms with van der Waals surface area (Å²) in [6, 6.07) is 44.7. The van der Waals surface area contributed by atoms with Gasteiger partial charge in [-0.2, -0.15) is 0 Å². The maximum atomic E-state index is 6.70. The van der Waals surface area contributed by atoms with Gasteiger partial charge in [0.1, 0.15) is 11.5 Å². The molecule has 34 heavy (non-hydrogen) atoms. The minimum absolute atomic E-state index is 0.908. The fourth-order valence-electron chi connectivity index (χ4n) is 4.67. The van der Waals surface area contributed by atoms with Crippen LogP contribution in [0.1, 0.15) is 5.56 Å². The summed E-state index contributed by atoms with van der Waals surface area (Å²) >= 11 is 0. The number of hydrogen-bond donors (Lipinski definition) is 0. The van der Waals surface area contributed by atoms with Crippen LogP contribution in [0.2, 0.25) is 0 Å². The highest BCUT2D eigenvalue weighted by Crippen LogP contribution is 2.43. The number of fused-ring (bicyclic) bond motifs is 1. The lowest BCUT2D eigenvalue weighted by Gasteiger charge is -2.10. The van der Waals surface area contributed by atoms with Gasteiger partial charge in [-0.05, 0) is 35.2 Å². The summed E-state index contributed by atoms with van der Waals surface area (Å²) in [6.45, 7) is 2.13. The lowest BCUT2D eigenvalue weighted by molar-refractivity contribution is 0.602. The van der Waals surface area contributed by atoms with Gasteiger partial charge < -0.3 is 4.42 Å². The molecule has 162 valence electrons. The van der Waals surface area contributed by atoms with Gasteiger partial charge in [0.2, 0.25) is 0 Å². The van der Waals surface area contributed by atoms with Crippen LogP contribution >= 0.6 is 0 Å². The van der Waals surface area contributed by atoms with Gasteiger partial charge in [0.15, 0.2) is 0 Å². The number of furan rings is 1. The SMILES string of the molecule is Cc1ccc(-c2ccccc2)c(-c2oc(-c3ccc(-c4ccccc4)cc3)c3ccccc23)c1. The first-order valence-electron chi connectivity index (χ1n) is 11.6. The Hall–Kier alpha value is -4.36. The molecule has 6 rings (SSSR count). The zero-order valence-corrected chi connectivity index (χ0v) is 19.0. The molecule has 0 atom stereocenters. The van der Waals surface area contributed by atoms with E-state index in [-0.39, 0.29) is 0 Å². The van der Waals surface area contributed by atoms with Crippen molar-refractivity contribution in [3.8, 4) is 44.9 Å². The standard InChI is InChI=1S/C33H24O/c1-23-16-21-28(26-12-6-3-7-13-26)31(22-23)33-30-15-9-8-14-29(30)32(34-33)27-19-17-25(18-20-27)24-10-4-2-5-11-24/h2-22H,1H3. The Morgan fingerprint density at radius 2 is 0.941 bits per heavy atom. The molecule has 0 aliphatic rings. The predicted molar refractivity (Wildman–Crippen MR) is 143 cm³/mol. The van der Waals surface area contributed by atoms with Gasteiger partial charge in [-0.25, -0.2) is 0 Å². The van der Waals surface area contributed by atoms with Crippen molar-refractivity contribution in [1.82, 2.24) is 0 Å². The number of benzene rings is 5. The van der Waals surface area contributed by atoms with E-state index in [4.69, 9.17) is 4.42 Å². The Labute approximate surface area is 200 Å². The van der Waals surface area contributed by atoms with Crippen molar-refractivity contribution in [3.05, 3.63) is 133 Å². The van der Waals surface area contributed by atoms with Crippen LogP contribution in [-0.2, 0) is 0 Å². The van der Waals surface area contributed by atoms with Crippen LogP contribution in [0.3, 0.4) is 0 Å². The molecular weight excluding hydrogens is 412 g/mol. The first-order valence-corrected chi connectivity index (χ1v) is 11.6. The van der Waals surface area contributed by atoms with Crippen molar-refractivity contribution in [2.24, 2.45) is 0 Å². The van der Waals surface area contributed by atoms with Gasteiger partial charge >= 0.3 is 0 Å². The molecule has 0 fully saturated rings. The maximum Gasteiger partial charge on any atom is 0.143 e. The van der Waals surface area contributed by atoms with E-state index in [0.717, 1.165) is 33.4 Å². The lowest BCUT2D eigenvalue weighted by atomic mass is 9.94. The zero-order valence-electron chi connectivity index (χ0n) is 19.0. The van der Waals surface area contributed by atoms with Gasteiger partial charge in [-0.3, -0.25) is 0 Å². The molecule has 5 aromatic carbocycles. The first-order chi connectivity index (χ1) is 16.8.